The lowest BCUT2D eigenvalue weighted by Gasteiger charge is -2.22. The zero-order valence-electron chi connectivity index (χ0n) is 11.6. The van der Waals surface area contributed by atoms with Crippen molar-refractivity contribution in [2.24, 2.45) is 5.41 Å². The number of methoxy groups -OCH3 is 1. The molecular formula is C14H16O6. The third-order valence-electron chi connectivity index (χ3n) is 2.96. The first kappa shape index (κ1) is 14.2. The van der Waals surface area contributed by atoms with Gasteiger partial charge in [-0.05, 0) is 19.9 Å². The highest BCUT2D eigenvalue weighted by molar-refractivity contribution is 5.81. The Balaban J connectivity index is 2.17. The molecule has 1 heterocycles. The minimum atomic E-state index is -0.814. The van der Waals surface area contributed by atoms with Crippen molar-refractivity contribution in [2.45, 2.75) is 13.8 Å². The summed E-state index contributed by atoms with van der Waals surface area (Å²) in [6, 6.07) is 3.13. The van der Waals surface area contributed by atoms with E-state index in [0.29, 0.717) is 29.1 Å². The Labute approximate surface area is 116 Å². The lowest BCUT2D eigenvalue weighted by molar-refractivity contribution is -0.152. The highest BCUT2D eigenvalue weighted by Crippen LogP contribution is 2.38. The van der Waals surface area contributed by atoms with Crippen LogP contribution < -0.4 is 14.2 Å². The first-order chi connectivity index (χ1) is 9.47. The van der Waals surface area contributed by atoms with E-state index in [0.717, 1.165) is 0 Å². The van der Waals surface area contributed by atoms with Gasteiger partial charge in [-0.1, -0.05) is 0 Å². The molecule has 0 bridgehead atoms. The van der Waals surface area contributed by atoms with Gasteiger partial charge in [0, 0.05) is 6.07 Å². The van der Waals surface area contributed by atoms with E-state index in [2.05, 4.69) is 0 Å². The summed E-state index contributed by atoms with van der Waals surface area (Å²) in [6.07, 6.45) is 0.669. The predicted octanol–water partition coefficient (Wildman–Crippen LogP) is 1.81. The number of ether oxygens (including phenoxy) is 4. The van der Waals surface area contributed by atoms with Gasteiger partial charge in [0.1, 0.15) is 12.4 Å². The summed E-state index contributed by atoms with van der Waals surface area (Å²) in [7, 11) is 1.32. The molecule has 1 aromatic rings. The molecule has 1 aliphatic heterocycles. The standard InChI is InChI=1S/C14H16O6/c1-14(2,13(16)17-3)7-18-10-5-12-11(19-8-20-12)4-9(10)6-15/h4-6H,7-8H2,1-3H3. The SMILES string of the molecule is COC(=O)C(C)(C)COc1cc2c(cc1C=O)OCO2. The van der Waals surface area contributed by atoms with Crippen molar-refractivity contribution in [3.63, 3.8) is 0 Å². The highest BCUT2D eigenvalue weighted by Gasteiger charge is 2.30. The highest BCUT2D eigenvalue weighted by atomic mass is 16.7. The second-order valence-electron chi connectivity index (χ2n) is 5.03. The number of benzene rings is 1. The molecule has 2 rings (SSSR count). The summed E-state index contributed by atoms with van der Waals surface area (Å²) in [5.41, 5.74) is -0.472. The molecule has 6 nitrogen and oxygen atoms in total. The van der Waals surface area contributed by atoms with E-state index in [1.165, 1.54) is 7.11 Å². The van der Waals surface area contributed by atoms with Gasteiger partial charge in [0.2, 0.25) is 6.79 Å². The normalized spacial score (nSPS) is 12.9. The van der Waals surface area contributed by atoms with Crippen molar-refractivity contribution in [1.82, 2.24) is 0 Å². The minimum absolute atomic E-state index is 0.0835. The Morgan fingerprint density at radius 1 is 1.35 bits per heavy atom. The zero-order chi connectivity index (χ0) is 14.8. The van der Waals surface area contributed by atoms with Gasteiger partial charge in [0.05, 0.1) is 18.1 Å². The van der Waals surface area contributed by atoms with Crippen molar-refractivity contribution >= 4 is 12.3 Å². The number of hydrogen-bond acceptors (Lipinski definition) is 6. The van der Waals surface area contributed by atoms with Crippen molar-refractivity contribution < 1.29 is 28.5 Å². The van der Waals surface area contributed by atoms with Crippen LogP contribution in [0.1, 0.15) is 24.2 Å². The number of rotatable bonds is 5. The van der Waals surface area contributed by atoms with Crippen LogP contribution in [0, 0.1) is 5.41 Å². The zero-order valence-corrected chi connectivity index (χ0v) is 11.6. The van der Waals surface area contributed by atoms with Gasteiger partial charge in [-0.2, -0.15) is 0 Å². The number of esters is 1. The molecule has 0 saturated heterocycles. The van der Waals surface area contributed by atoms with Crippen LogP contribution in [0.15, 0.2) is 12.1 Å². The first-order valence-electron chi connectivity index (χ1n) is 6.08. The summed E-state index contributed by atoms with van der Waals surface area (Å²) in [6.45, 7) is 3.60. The largest absolute Gasteiger partial charge is 0.492 e. The Morgan fingerprint density at radius 3 is 2.60 bits per heavy atom. The van der Waals surface area contributed by atoms with Crippen molar-refractivity contribution in [3.05, 3.63) is 17.7 Å². The van der Waals surface area contributed by atoms with Crippen LogP contribution in [0.4, 0.5) is 0 Å². The van der Waals surface area contributed by atoms with Crippen LogP contribution >= 0.6 is 0 Å². The third kappa shape index (κ3) is 2.68. The average Bonchev–Trinajstić information content (AvgIpc) is 2.90. The molecule has 0 spiro atoms. The smallest absolute Gasteiger partial charge is 0.314 e. The molecule has 1 aromatic carbocycles. The Bertz CT molecular complexity index is 535. The van der Waals surface area contributed by atoms with E-state index in [4.69, 9.17) is 18.9 Å². The summed E-state index contributed by atoms with van der Waals surface area (Å²) in [4.78, 5) is 22.7. The van der Waals surface area contributed by atoms with Gasteiger partial charge in [0.25, 0.3) is 0 Å². The molecule has 0 saturated carbocycles. The molecule has 0 radical (unpaired) electrons. The van der Waals surface area contributed by atoms with Gasteiger partial charge in [-0.25, -0.2) is 0 Å². The van der Waals surface area contributed by atoms with Crippen molar-refractivity contribution in [3.8, 4) is 17.2 Å². The lowest BCUT2D eigenvalue weighted by Crippen LogP contribution is -2.32. The summed E-state index contributed by atoms with van der Waals surface area (Å²) >= 11 is 0. The third-order valence-corrected chi connectivity index (χ3v) is 2.96. The molecule has 108 valence electrons. The number of aldehydes is 1. The molecule has 0 fully saturated rings. The monoisotopic (exact) mass is 280 g/mol. The Kier molecular flexibility index (Phi) is 3.83. The summed E-state index contributed by atoms with van der Waals surface area (Å²) in [5, 5.41) is 0. The van der Waals surface area contributed by atoms with E-state index in [1.54, 1.807) is 26.0 Å². The van der Waals surface area contributed by atoms with E-state index in [9.17, 15) is 9.59 Å². The fourth-order valence-corrected chi connectivity index (χ4v) is 1.75. The molecule has 0 N–H and O–H groups in total. The average molecular weight is 280 g/mol. The van der Waals surface area contributed by atoms with Crippen LogP contribution in [-0.2, 0) is 9.53 Å². The van der Waals surface area contributed by atoms with Gasteiger partial charge in [-0.15, -0.1) is 0 Å². The topological polar surface area (TPSA) is 71.1 Å². The molecule has 20 heavy (non-hydrogen) atoms. The second kappa shape index (κ2) is 5.40. The molecule has 0 unspecified atom stereocenters. The number of carbonyl (C=O) groups excluding carboxylic acids is 2. The molecule has 0 amide bonds. The van der Waals surface area contributed by atoms with E-state index in [1.807, 2.05) is 0 Å². The maximum Gasteiger partial charge on any atom is 0.314 e. The molecule has 0 aliphatic carbocycles. The first-order valence-corrected chi connectivity index (χ1v) is 6.08. The lowest BCUT2D eigenvalue weighted by atomic mass is 9.95. The molecular weight excluding hydrogens is 264 g/mol. The Hall–Kier alpha value is -2.24. The van der Waals surface area contributed by atoms with Gasteiger partial charge in [0.15, 0.2) is 17.8 Å². The number of carbonyl (C=O) groups is 2. The minimum Gasteiger partial charge on any atom is -0.492 e. The van der Waals surface area contributed by atoms with Crippen LogP contribution in [0.3, 0.4) is 0 Å². The van der Waals surface area contributed by atoms with Crippen LogP contribution in [0.2, 0.25) is 0 Å². The summed E-state index contributed by atoms with van der Waals surface area (Å²) in [5.74, 6) is 0.986. The fraction of sp³-hybridized carbons (Fsp3) is 0.429. The number of hydrogen-bond donors (Lipinski definition) is 0. The molecule has 0 atom stereocenters. The summed E-state index contributed by atoms with van der Waals surface area (Å²) < 4.78 is 20.7. The molecule has 6 heteroatoms. The van der Waals surface area contributed by atoms with Gasteiger partial charge >= 0.3 is 5.97 Å². The van der Waals surface area contributed by atoms with Crippen LogP contribution in [0.25, 0.3) is 0 Å². The maximum absolute atomic E-state index is 11.6. The van der Waals surface area contributed by atoms with E-state index < -0.39 is 5.41 Å². The van der Waals surface area contributed by atoms with Crippen LogP contribution in [-0.4, -0.2) is 32.8 Å². The van der Waals surface area contributed by atoms with Crippen molar-refractivity contribution in [1.29, 1.82) is 0 Å². The number of fused-ring (bicyclic) bond motifs is 1. The van der Waals surface area contributed by atoms with E-state index >= 15 is 0 Å². The maximum atomic E-state index is 11.6. The van der Waals surface area contributed by atoms with Gasteiger partial charge in [-0.3, -0.25) is 9.59 Å². The molecule has 1 aliphatic rings. The fourth-order valence-electron chi connectivity index (χ4n) is 1.75. The van der Waals surface area contributed by atoms with Crippen LogP contribution in [0.5, 0.6) is 17.2 Å². The molecule has 0 aromatic heterocycles. The Morgan fingerprint density at radius 2 is 2.00 bits per heavy atom. The van der Waals surface area contributed by atoms with E-state index in [-0.39, 0.29) is 19.4 Å². The van der Waals surface area contributed by atoms with Crippen molar-refractivity contribution in [2.75, 3.05) is 20.5 Å². The predicted molar refractivity (Wildman–Crippen MR) is 69.2 cm³/mol. The van der Waals surface area contributed by atoms with Gasteiger partial charge < -0.3 is 18.9 Å². The quantitative estimate of drug-likeness (QED) is 0.605. The second-order valence-corrected chi connectivity index (χ2v) is 5.03.